The van der Waals surface area contributed by atoms with Gasteiger partial charge in [-0.2, -0.15) is 5.10 Å². The van der Waals surface area contributed by atoms with Crippen LogP contribution in [0.3, 0.4) is 0 Å². The minimum Gasteiger partial charge on any atom is -0.493 e. The Morgan fingerprint density at radius 1 is 1.09 bits per heavy atom. The zero-order valence-corrected chi connectivity index (χ0v) is 19.1. The van der Waals surface area contributed by atoms with Crippen molar-refractivity contribution < 1.29 is 14.3 Å². The van der Waals surface area contributed by atoms with Crippen LogP contribution in [0, 0.1) is 0 Å². The molecule has 4 rings (SSSR count). The lowest BCUT2D eigenvalue weighted by Gasteiger charge is -2.15. The molecule has 1 atom stereocenters. The Bertz CT molecular complexity index is 1060. The van der Waals surface area contributed by atoms with Crippen LogP contribution in [0.15, 0.2) is 72.2 Å². The van der Waals surface area contributed by atoms with Crippen molar-refractivity contribution in [1.29, 1.82) is 0 Å². The van der Waals surface area contributed by atoms with Gasteiger partial charge in [0.1, 0.15) is 12.8 Å². The lowest BCUT2D eigenvalue weighted by molar-refractivity contribution is 0.0933. The van der Waals surface area contributed by atoms with Gasteiger partial charge >= 0.3 is 0 Å². The Morgan fingerprint density at radius 2 is 1.88 bits per heavy atom. The fraction of sp³-hybridized carbons (Fsp3) is 0.280. The number of rotatable bonds is 7. The van der Waals surface area contributed by atoms with Crippen LogP contribution < -0.4 is 20.2 Å². The van der Waals surface area contributed by atoms with Crippen LogP contribution in [0.2, 0.25) is 0 Å². The average molecular weight is 448 g/mol. The van der Waals surface area contributed by atoms with E-state index in [1.807, 2.05) is 30.3 Å². The van der Waals surface area contributed by atoms with Gasteiger partial charge in [-0.3, -0.25) is 20.2 Å². The molecule has 2 aromatic heterocycles. The van der Waals surface area contributed by atoms with Crippen molar-refractivity contribution in [1.82, 2.24) is 20.7 Å². The van der Waals surface area contributed by atoms with E-state index in [9.17, 15) is 4.79 Å². The number of nitrogens with zero attached hydrogens (tertiary/aromatic N) is 3. The third-order valence-electron chi connectivity index (χ3n) is 4.60. The van der Waals surface area contributed by atoms with Crippen molar-refractivity contribution in [3.8, 4) is 11.5 Å². The number of carbonyl (C=O) groups excluding carboxylic acids is 1. The number of nitrogens with one attached hydrogen (secondary N) is 2. The summed E-state index contributed by atoms with van der Waals surface area (Å²) in [6, 6.07) is 14.5. The van der Waals surface area contributed by atoms with Crippen molar-refractivity contribution in [2.75, 3.05) is 7.11 Å². The Hall–Kier alpha value is -3.94. The molecule has 3 aromatic rings. The normalized spacial score (nSPS) is 14.3. The number of methoxy groups -OCH3 is 1. The third kappa shape index (κ3) is 6.77. The van der Waals surface area contributed by atoms with Crippen LogP contribution in [0.1, 0.15) is 48.3 Å². The molecule has 0 aliphatic carbocycles. The van der Waals surface area contributed by atoms with Gasteiger partial charge in [0.15, 0.2) is 11.5 Å². The van der Waals surface area contributed by atoms with Crippen molar-refractivity contribution in [3.63, 3.8) is 0 Å². The fourth-order valence-corrected chi connectivity index (χ4v) is 3.06. The fourth-order valence-electron chi connectivity index (χ4n) is 3.06. The molecule has 0 fully saturated rings. The molecule has 1 aliphatic rings. The smallest absolute Gasteiger partial charge is 0.253 e. The third-order valence-corrected chi connectivity index (χ3v) is 4.60. The lowest BCUT2D eigenvalue weighted by atomic mass is 10.1. The quantitative estimate of drug-likeness (QED) is 0.569. The molecule has 1 aliphatic heterocycles. The Balaban J connectivity index is 0.000000968. The molecule has 0 saturated carbocycles. The predicted octanol–water partition coefficient (Wildman–Crippen LogP) is 3.93. The van der Waals surface area contributed by atoms with Crippen LogP contribution in [-0.4, -0.2) is 34.9 Å². The first-order valence-electron chi connectivity index (χ1n) is 10.9. The van der Waals surface area contributed by atoms with Gasteiger partial charge in [-0.1, -0.05) is 26.3 Å². The monoisotopic (exact) mass is 447 g/mol. The van der Waals surface area contributed by atoms with Gasteiger partial charge in [0.25, 0.3) is 5.91 Å². The average Bonchev–Trinajstić information content (AvgIpc) is 3.33. The number of carbonyl (C=O) groups is 1. The van der Waals surface area contributed by atoms with Gasteiger partial charge in [-0.05, 0) is 42.5 Å². The number of amides is 1. The summed E-state index contributed by atoms with van der Waals surface area (Å²) < 4.78 is 11.2. The highest BCUT2D eigenvalue weighted by Gasteiger charge is 2.22. The van der Waals surface area contributed by atoms with Crippen molar-refractivity contribution >= 4 is 11.6 Å². The summed E-state index contributed by atoms with van der Waals surface area (Å²) in [7, 11) is 1.54. The molecular weight excluding hydrogens is 418 g/mol. The molecule has 0 saturated heterocycles. The maximum Gasteiger partial charge on any atom is 0.253 e. The molecule has 172 valence electrons. The van der Waals surface area contributed by atoms with Crippen molar-refractivity contribution in [3.05, 3.63) is 83.9 Å². The van der Waals surface area contributed by atoms with Gasteiger partial charge in [0.2, 0.25) is 0 Å². The van der Waals surface area contributed by atoms with Gasteiger partial charge in [0.05, 0.1) is 18.5 Å². The number of hydrazone groups is 1. The number of pyridine rings is 2. The molecule has 33 heavy (non-hydrogen) atoms. The van der Waals surface area contributed by atoms with Crippen molar-refractivity contribution in [2.24, 2.45) is 5.10 Å². The summed E-state index contributed by atoms with van der Waals surface area (Å²) in [5.41, 5.74) is 6.08. The van der Waals surface area contributed by atoms with E-state index in [0.717, 1.165) is 17.0 Å². The first kappa shape index (κ1) is 23.7. The number of hydrogen-bond acceptors (Lipinski definition) is 7. The van der Waals surface area contributed by atoms with Crippen LogP contribution in [0.4, 0.5) is 0 Å². The Labute approximate surface area is 194 Å². The highest BCUT2D eigenvalue weighted by Crippen LogP contribution is 2.29. The van der Waals surface area contributed by atoms with Gasteiger partial charge in [-0.25, -0.2) is 0 Å². The highest BCUT2D eigenvalue weighted by atomic mass is 16.5. The largest absolute Gasteiger partial charge is 0.493 e. The molecule has 8 heteroatoms. The number of benzene rings is 1. The number of aromatic nitrogens is 2. The SMILES string of the molecule is CCC.COc1cc(C(=O)NC2CC(c3ccncc3)=NN2)ccc1OCc1ccccn1. The summed E-state index contributed by atoms with van der Waals surface area (Å²) >= 11 is 0. The minimum atomic E-state index is -0.285. The van der Waals surface area contributed by atoms with E-state index in [4.69, 9.17) is 9.47 Å². The van der Waals surface area contributed by atoms with Gasteiger partial charge in [0, 0.05) is 36.1 Å². The van der Waals surface area contributed by atoms with E-state index in [1.54, 1.807) is 36.8 Å². The van der Waals surface area contributed by atoms with Crippen LogP contribution >= 0.6 is 0 Å². The maximum atomic E-state index is 12.7. The molecule has 1 aromatic carbocycles. The second kappa shape index (κ2) is 12.2. The molecule has 8 nitrogen and oxygen atoms in total. The zero-order chi connectivity index (χ0) is 23.5. The van der Waals surface area contributed by atoms with Gasteiger partial charge < -0.3 is 14.8 Å². The molecule has 2 N–H and O–H groups in total. The van der Waals surface area contributed by atoms with Crippen LogP contribution in [0.25, 0.3) is 0 Å². The molecular formula is C25H29N5O3. The molecule has 3 heterocycles. The molecule has 0 radical (unpaired) electrons. The maximum absolute atomic E-state index is 12.7. The molecule has 0 bridgehead atoms. The predicted molar refractivity (Wildman–Crippen MR) is 127 cm³/mol. The Kier molecular flexibility index (Phi) is 8.76. The lowest BCUT2D eigenvalue weighted by Crippen LogP contribution is -2.41. The summed E-state index contributed by atoms with van der Waals surface area (Å²) in [4.78, 5) is 20.9. The molecule has 0 spiro atoms. The van der Waals surface area contributed by atoms with E-state index in [0.29, 0.717) is 30.1 Å². The second-order valence-electron chi connectivity index (χ2n) is 7.34. The summed E-state index contributed by atoms with van der Waals surface area (Å²) in [5, 5.41) is 7.25. The minimum absolute atomic E-state index is 0.228. The topological polar surface area (TPSA) is 97.7 Å². The number of hydrogen-bond donors (Lipinski definition) is 2. The standard InChI is InChI=1S/C22H21N5O3.C3H8/c1-29-20-12-16(5-6-19(20)30-14-17-4-2-3-9-24-17)22(28)25-21-13-18(26-27-21)15-7-10-23-11-8-15;1-3-2/h2-12,21,27H,13-14H2,1H3,(H,25,28);3H2,1-2H3. The summed E-state index contributed by atoms with van der Waals surface area (Å²) in [5.74, 6) is 0.793. The summed E-state index contributed by atoms with van der Waals surface area (Å²) in [6.45, 7) is 4.56. The molecule has 1 unspecified atom stereocenters. The second-order valence-corrected chi connectivity index (χ2v) is 7.34. The first-order chi connectivity index (χ1) is 16.1. The highest BCUT2D eigenvalue weighted by molar-refractivity contribution is 6.02. The number of ether oxygens (including phenoxy) is 2. The van der Waals surface area contributed by atoms with E-state index in [1.165, 1.54) is 13.5 Å². The van der Waals surface area contributed by atoms with E-state index >= 15 is 0 Å². The Morgan fingerprint density at radius 3 is 2.58 bits per heavy atom. The zero-order valence-electron chi connectivity index (χ0n) is 19.1. The van der Waals surface area contributed by atoms with Crippen LogP contribution in [-0.2, 0) is 6.61 Å². The van der Waals surface area contributed by atoms with Crippen LogP contribution in [0.5, 0.6) is 11.5 Å². The summed E-state index contributed by atoms with van der Waals surface area (Å²) in [6.07, 6.45) is 6.69. The van der Waals surface area contributed by atoms with E-state index < -0.39 is 0 Å². The van der Waals surface area contributed by atoms with Crippen molar-refractivity contribution in [2.45, 2.75) is 39.5 Å². The van der Waals surface area contributed by atoms with Gasteiger partial charge in [-0.15, -0.1) is 0 Å². The van der Waals surface area contributed by atoms with E-state index in [-0.39, 0.29) is 12.1 Å². The van der Waals surface area contributed by atoms with E-state index in [2.05, 4.69) is 39.7 Å². The molecule has 1 amide bonds. The first-order valence-corrected chi connectivity index (χ1v) is 10.9.